The van der Waals surface area contributed by atoms with Gasteiger partial charge in [-0.25, -0.2) is 0 Å². The van der Waals surface area contributed by atoms with Crippen molar-refractivity contribution < 1.29 is 14.3 Å². The zero-order valence-corrected chi connectivity index (χ0v) is 18.2. The van der Waals surface area contributed by atoms with Crippen LogP contribution < -0.4 is 15.6 Å². The summed E-state index contributed by atoms with van der Waals surface area (Å²) in [6.45, 7) is 6.09. The van der Waals surface area contributed by atoms with E-state index >= 15 is 0 Å². The maximum absolute atomic E-state index is 12.3. The van der Waals surface area contributed by atoms with Gasteiger partial charge in [0, 0.05) is 15.4 Å². The minimum Gasteiger partial charge on any atom is -0.483 e. The summed E-state index contributed by atoms with van der Waals surface area (Å²) < 4.78 is 6.47. The molecule has 6 heteroatoms. The molecule has 0 bridgehead atoms. The summed E-state index contributed by atoms with van der Waals surface area (Å²) in [6.07, 6.45) is 0. The van der Waals surface area contributed by atoms with Crippen LogP contribution in [0.5, 0.6) is 5.75 Å². The molecule has 0 aliphatic rings. The number of carbonyl (C=O) groups is 2. The van der Waals surface area contributed by atoms with Gasteiger partial charge in [-0.3, -0.25) is 20.4 Å². The fourth-order valence-corrected chi connectivity index (χ4v) is 3.94. The lowest BCUT2D eigenvalue weighted by atomic mass is 9.86. The van der Waals surface area contributed by atoms with Crippen molar-refractivity contribution >= 4 is 38.5 Å². The summed E-state index contributed by atoms with van der Waals surface area (Å²) in [7, 11) is 0. The number of halogens is 1. The van der Waals surface area contributed by atoms with Crippen LogP contribution in [0.2, 0.25) is 0 Å². The second-order valence-corrected chi connectivity index (χ2v) is 8.57. The van der Waals surface area contributed by atoms with Crippen molar-refractivity contribution in [1.29, 1.82) is 0 Å². The molecule has 2 N–H and O–H groups in total. The molecule has 0 spiro atoms. The highest BCUT2D eigenvalue weighted by atomic mass is 79.9. The number of fused-ring (bicyclic) bond motifs is 1. The highest BCUT2D eigenvalue weighted by molar-refractivity contribution is 9.10. The van der Waals surface area contributed by atoms with Gasteiger partial charge in [-0.15, -0.1) is 0 Å². The van der Waals surface area contributed by atoms with Crippen molar-refractivity contribution in [2.45, 2.75) is 26.2 Å². The number of carbonyl (C=O) groups excluding carboxylic acids is 2. The minimum atomic E-state index is -0.448. The number of amides is 2. The molecule has 0 aromatic heterocycles. The van der Waals surface area contributed by atoms with Gasteiger partial charge in [0.2, 0.25) is 0 Å². The molecular formula is C23H23BrN2O3. The van der Waals surface area contributed by atoms with E-state index in [1.54, 1.807) is 12.1 Å². The molecule has 3 rings (SSSR count). The van der Waals surface area contributed by atoms with Gasteiger partial charge < -0.3 is 4.74 Å². The van der Waals surface area contributed by atoms with Crippen LogP contribution in [0.15, 0.2) is 65.1 Å². The highest BCUT2D eigenvalue weighted by Gasteiger charge is 2.18. The lowest BCUT2D eigenvalue weighted by Crippen LogP contribution is -2.43. The standard InChI is InChI=1S/C23H23BrN2O3/c1-23(2,3)18-12-11-16(13-19(18)24)22(28)26-25-21(27)14-29-20-10-6-8-15-7-4-5-9-17(15)20/h4-13H,14H2,1-3H3,(H,25,27)(H,26,28). The van der Waals surface area contributed by atoms with E-state index in [0.29, 0.717) is 11.3 Å². The van der Waals surface area contributed by atoms with Gasteiger partial charge in [-0.2, -0.15) is 0 Å². The van der Waals surface area contributed by atoms with E-state index in [-0.39, 0.29) is 12.0 Å². The van der Waals surface area contributed by atoms with Crippen LogP contribution in [-0.4, -0.2) is 18.4 Å². The van der Waals surface area contributed by atoms with Crippen molar-refractivity contribution in [1.82, 2.24) is 10.9 Å². The lowest BCUT2D eigenvalue weighted by molar-refractivity contribution is -0.123. The van der Waals surface area contributed by atoms with Gasteiger partial charge in [0.05, 0.1) is 0 Å². The Hall–Kier alpha value is -2.86. The first-order valence-electron chi connectivity index (χ1n) is 9.25. The summed E-state index contributed by atoms with van der Waals surface area (Å²) in [5.74, 6) is -0.229. The zero-order chi connectivity index (χ0) is 21.0. The molecule has 0 radical (unpaired) electrons. The predicted molar refractivity (Wildman–Crippen MR) is 118 cm³/mol. The molecule has 29 heavy (non-hydrogen) atoms. The first-order valence-corrected chi connectivity index (χ1v) is 10.0. The summed E-state index contributed by atoms with van der Waals surface area (Å²) in [5, 5.41) is 1.96. The Morgan fingerprint density at radius 3 is 2.41 bits per heavy atom. The van der Waals surface area contributed by atoms with E-state index in [2.05, 4.69) is 47.6 Å². The summed E-state index contributed by atoms with van der Waals surface area (Å²) >= 11 is 3.51. The van der Waals surface area contributed by atoms with Gasteiger partial charge in [-0.1, -0.05) is 79.2 Å². The van der Waals surface area contributed by atoms with Crippen molar-refractivity contribution in [3.05, 3.63) is 76.3 Å². The van der Waals surface area contributed by atoms with Crippen LogP contribution in [-0.2, 0) is 10.2 Å². The van der Waals surface area contributed by atoms with Gasteiger partial charge in [0.25, 0.3) is 11.8 Å². The third-order valence-corrected chi connectivity index (χ3v) is 5.12. The number of rotatable bonds is 4. The van der Waals surface area contributed by atoms with Crippen LogP contribution >= 0.6 is 15.9 Å². The molecule has 2 amide bonds. The van der Waals surface area contributed by atoms with Crippen LogP contribution in [0, 0.1) is 0 Å². The zero-order valence-electron chi connectivity index (χ0n) is 16.6. The molecule has 0 fully saturated rings. The fourth-order valence-electron chi connectivity index (χ4n) is 2.96. The second kappa shape index (κ2) is 8.66. The van der Waals surface area contributed by atoms with Crippen LogP contribution in [0.1, 0.15) is 36.7 Å². The second-order valence-electron chi connectivity index (χ2n) is 7.71. The molecule has 0 aliphatic carbocycles. The molecule has 0 unspecified atom stereocenters. The first-order chi connectivity index (χ1) is 13.8. The Morgan fingerprint density at radius 1 is 0.966 bits per heavy atom. The molecule has 0 heterocycles. The molecule has 5 nitrogen and oxygen atoms in total. The molecule has 0 saturated heterocycles. The van der Waals surface area contributed by atoms with Crippen LogP contribution in [0.4, 0.5) is 0 Å². The Bertz CT molecular complexity index is 1050. The Balaban J connectivity index is 1.56. The largest absolute Gasteiger partial charge is 0.483 e. The third-order valence-electron chi connectivity index (χ3n) is 4.46. The van der Waals surface area contributed by atoms with Gasteiger partial charge >= 0.3 is 0 Å². The molecule has 0 atom stereocenters. The SMILES string of the molecule is CC(C)(C)c1ccc(C(=O)NNC(=O)COc2cccc3ccccc23)cc1Br. The first kappa shape index (κ1) is 20.9. The van der Waals surface area contributed by atoms with Crippen molar-refractivity contribution in [3.63, 3.8) is 0 Å². The average Bonchev–Trinajstić information content (AvgIpc) is 2.69. The quantitative estimate of drug-likeness (QED) is 0.559. The highest BCUT2D eigenvalue weighted by Crippen LogP contribution is 2.30. The number of hydrazine groups is 1. The summed E-state index contributed by atoms with van der Waals surface area (Å²) in [5.41, 5.74) is 6.31. The van der Waals surface area contributed by atoms with Crippen molar-refractivity contribution in [3.8, 4) is 5.75 Å². The number of hydrogen-bond acceptors (Lipinski definition) is 3. The topological polar surface area (TPSA) is 67.4 Å². The van der Waals surface area contributed by atoms with E-state index in [1.165, 1.54) is 0 Å². The smallest absolute Gasteiger partial charge is 0.276 e. The fraction of sp³-hybridized carbons (Fsp3) is 0.217. The number of nitrogens with one attached hydrogen (secondary N) is 2. The Labute approximate surface area is 178 Å². The van der Waals surface area contributed by atoms with Gasteiger partial charge in [0.1, 0.15) is 5.75 Å². The molecule has 0 aliphatic heterocycles. The molecule has 3 aromatic carbocycles. The average molecular weight is 455 g/mol. The molecule has 0 saturated carbocycles. The minimum absolute atomic E-state index is 0.0407. The number of benzene rings is 3. The van der Waals surface area contributed by atoms with Gasteiger partial charge in [-0.05, 0) is 34.6 Å². The maximum atomic E-state index is 12.3. The third kappa shape index (κ3) is 5.15. The lowest BCUT2D eigenvalue weighted by Gasteiger charge is -2.21. The Kier molecular flexibility index (Phi) is 6.23. The van der Waals surface area contributed by atoms with E-state index in [0.717, 1.165) is 20.8 Å². The van der Waals surface area contributed by atoms with Crippen molar-refractivity contribution in [2.24, 2.45) is 0 Å². The normalized spacial score (nSPS) is 11.2. The van der Waals surface area contributed by atoms with Gasteiger partial charge in [0.15, 0.2) is 6.61 Å². The number of ether oxygens (including phenoxy) is 1. The van der Waals surface area contributed by atoms with Crippen molar-refractivity contribution in [2.75, 3.05) is 6.61 Å². The van der Waals surface area contributed by atoms with Crippen LogP contribution in [0.3, 0.4) is 0 Å². The van der Waals surface area contributed by atoms with E-state index < -0.39 is 11.8 Å². The number of hydrogen-bond donors (Lipinski definition) is 2. The summed E-state index contributed by atoms with van der Waals surface area (Å²) in [6, 6.07) is 18.8. The van der Waals surface area contributed by atoms with E-state index in [4.69, 9.17) is 4.74 Å². The predicted octanol–water partition coefficient (Wildman–Crippen LogP) is 4.74. The van der Waals surface area contributed by atoms with E-state index in [1.807, 2.05) is 48.5 Å². The monoisotopic (exact) mass is 454 g/mol. The van der Waals surface area contributed by atoms with Crippen LogP contribution in [0.25, 0.3) is 10.8 Å². The van der Waals surface area contributed by atoms with E-state index in [9.17, 15) is 9.59 Å². The molecule has 150 valence electrons. The summed E-state index contributed by atoms with van der Waals surface area (Å²) in [4.78, 5) is 24.4. The molecular weight excluding hydrogens is 432 g/mol. The Morgan fingerprint density at radius 2 is 1.69 bits per heavy atom. The molecule has 3 aromatic rings. The maximum Gasteiger partial charge on any atom is 0.276 e.